The number of halogens is 1. The molecule has 0 aliphatic rings. The minimum Gasteiger partial charge on any atom is -0.497 e. The molecule has 6 heteroatoms. The number of aromatic nitrogens is 1. The first kappa shape index (κ1) is 13.2. The Morgan fingerprint density at radius 2 is 2.05 bits per heavy atom. The maximum absolute atomic E-state index is 11.3. The van der Waals surface area contributed by atoms with Gasteiger partial charge in [-0.05, 0) is 30.3 Å². The van der Waals surface area contributed by atoms with E-state index in [4.69, 9.17) is 22.1 Å². The van der Waals surface area contributed by atoms with E-state index in [1.807, 2.05) is 12.1 Å². The first-order chi connectivity index (χ1) is 9.10. The summed E-state index contributed by atoms with van der Waals surface area (Å²) in [5, 5.41) is 3.34. The van der Waals surface area contributed by atoms with E-state index < -0.39 is 5.91 Å². The molecule has 1 heterocycles. The Balaban J connectivity index is 2.31. The standard InChI is InChI=1S/C13H12ClN3O2/c1-19-9-4-2-8(3-5-9)17-11-6-12(14)16-7-10(11)13(15)18/h2-7H,1H3,(H2,15,18)(H,16,17). The predicted molar refractivity (Wildman–Crippen MR) is 74.0 cm³/mol. The third-order valence-corrected chi connectivity index (χ3v) is 2.71. The van der Waals surface area contributed by atoms with Gasteiger partial charge in [0, 0.05) is 11.9 Å². The fourth-order valence-corrected chi connectivity index (χ4v) is 1.72. The van der Waals surface area contributed by atoms with Gasteiger partial charge in [-0.25, -0.2) is 4.98 Å². The molecule has 2 rings (SSSR count). The van der Waals surface area contributed by atoms with Crippen molar-refractivity contribution in [2.75, 3.05) is 12.4 Å². The molecule has 1 aromatic carbocycles. The van der Waals surface area contributed by atoms with Crippen molar-refractivity contribution >= 4 is 28.9 Å². The minimum atomic E-state index is -0.569. The van der Waals surface area contributed by atoms with E-state index in [1.165, 1.54) is 6.20 Å². The zero-order valence-electron chi connectivity index (χ0n) is 10.2. The number of amides is 1. The molecule has 0 radical (unpaired) electrons. The molecule has 0 unspecified atom stereocenters. The zero-order valence-corrected chi connectivity index (χ0v) is 10.9. The first-order valence-electron chi connectivity index (χ1n) is 5.46. The number of nitrogens with zero attached hydrogens (tertiary/aromatic N) is 1. The van der Waals surface area contributed by atoms with Crippen LogP contribution in [0, 0.1) is 0 Å². The number of hydrogen-bond donors (Lipinski definition) is 2. The molecule has 1 amide bonds. The number of anilines is 2. The molecule has 0 aliphatic carbocycles. The Morgan fingerprint density at radius 3 is 2.63 bits per heavy atom. The molecule has 0 saturated heterocycles. The van der Waals surface area contributed by atoms with Gasteiger partial charge in [0.15, 0.2) is 0 Å². The van der Waals surface area contributed by atoms with Crippen molar-refractivity contribution in [2.24, 2.45) is 5.73 Å². The normalized spacial score (nSPS) is 10.0. The zero-order chi connectivity index (χ0) is 13.8. The average molecular weight is 278 g/mol. The van der Waals surface area contributed by atoms with Crippen LogP contribution in [0.5, 0.6) is 5.75 Å². The van der Waals surface area contributed by atoms with E-state index >= 15 is 0 Å². The number of methoxy groups -OCH3 is 1. The van der Waals surface area contributed by atoms with Crippen molar-refractivity contribution in [1.82, 2.24) is 4.98 Å². The molecule has 0 atom stereocenters. The highest BCUT2D eigenvalue weighted by molar-refractivity contribution is 6.29. The second-order valence-electron chi connectivity index (χ2n) is 3.77. The van der Waals surface area contributed by atoms with Crippen LogP contribution < -0.4 is 15.8 Å². The van der Waals surface area contributed by atoms with E-state index in [9.17, 15) is 4.79 Å². The van der Waals surface area contributed by atoms with Crippen LogP contribution in [0.2, 0.25) is 5.15 Å². The summed E-state index contributed by atoms with van der Waals surface area (Å²) >= 11 is 5.81. The van der Waals surface area contributed by atoms with Crippen LogP contribution in [-0.4, -0.2) is 18.0 Å². The fraction of sp³-hybridized carbons (Fsp3) is 0.0769. The Hall–Kier alpha value is -2.27. The number of nitrogens with two attached hydrogens (primary N) is 1. The van der Waals surface area contributed by atoms with Crippen molar-refractivity contribution in [1.29, 1.82) is 0 Å². The van der Waals surface area contributed by atoms with Gasteiger partial charge in [0.2, 0.25) is 0 Å². The summed E-state index contributed by atoms with van der Waals surface area (Å²) in [6.07, 6.45) is 1.34. The summed E-state index contributed by atoms with van der Waals surface area (Å²) in [6.45, 7) is 0. The molecule has 0 aliphatic heterocycles. The molecule has 0 spiro atoms. The van der Waals surface area contributed by atoms with Gasteiger partial charge in [0.1, 0.15) is 10.9 Å². The second kappa shape index (κ2) is 5.58. The van der Waals surface area contributed by atoms with Crippen LogP contribution >= 0.6 is 11.6 Å². The lowest BCUT2D eigenvalue weighted by Crippen LogP contribution is -2.13. The van der Waals surface area contributed by atoms with Crippen molar-refractivity contribution in [2.45, 2.75) is 0 Å². The lowest BCUT2D eigenvalue weighted by atomic mass is 10.2. The van der Waals surface area contributed by atoms with Crippen LogP contribution in [0.15, 0.2) is 36.5 Å². The van der Waals surface area contributed by atoms with Crippen LogP contribution in [0.3, 0.4) is 0 Å². The molecule has 98 valence electrons. The Morgan fingerprint density at radius 1 is 1.37 bits per heavy atom. The van der Waals surface area contributed by atoms with Gasteiger partial charge in [-0.15, -0.1) is 0 Å². The highest BCUT2D eigenvalue weighted by atomic mass is 35.5. The largest absolute Gasteiger partial charge is 0.497 e. The Kier molecular flexibility index (Phi) is 3.87. The number of ether oxygens (including phenoxy) is 1. The van der Waals surface area contributed by atoms with E-state index in [2.05, 4.69) is 10.3 Å². The van der Waals surface area contributed by atoms with Gasteiger partial charge in [-0.1, -0.05) is 11.6 Å². The number of carbonyl (C=O) groups excluding carboxylic acids is 1. The van der Waals surface area contributed by atoms with Gasteiger partial charge in [-0.2, -0.15) is 0 Å². The molecule has 2 aromatic rings. The quantitative estimate of drug-likeness (QED) is 0.842. The van der Waals surface area contributed by atoms with Crippen molar-refractivity contribution < 1.29 is 9.53 Å². The third kappa shape index (κ3) is 3.14. The van der Waals surface area contributed by atoms with Crippen molar-refractivity contribution in [3.8, 4) is 5.75 Å². The average Bonchev–Trinajstić information content (AvgIpc) is 2.39. The van der Waals surface area contributed by atoms with Gasteiger partial charge >= 0.3 is 0 Å². The van der Waals surface area contributed by atoms with E-state index in [0.717, 1.165) is 11.4 Å². The first-order valence-corrected chi connectivity index (χ1v) is 5.84. The van der Waals surface area contributed by atoms with Crippen molar-refractivity contribution in [3.63, 3.8) is 0 Å². The second-order valence-corrected chi connectivity index (χ2v) is 4.16. The maximum atomic E-state index is 11.3. The predicted octanol–water partition coefficient (Wildman–Crippen LogP) is 2.59. The molecule has 0 fully saturated rings. The molecular formula is C13H12ClN3O2. The molecule has 19 heavy (non-hydrogen) atoms. The number of rotatable bonds is 4. The number of primary amides is 1. The summed E-state index contributed by atoms with van der Waals surface area (Å²) in [5.74, 6) is 0.175. The smallest absolute Gasteiger partial charge is 0.252 e. The number of carbonyl (C=O) groups is 1. The fourth-order valence-electron chi connectivity index (χ4n) is 1.56. The lowest BCUT2D eigenvalue weighted by molar-refractivity contribution is 0.100. The van der Waals surface area contributed by atoms with E-state index in [1.54, 1.807) is 25.3 Å². The van der Waals surface area contributed by atoms with E-state index in [0.29, 0.717) is 5.69 Å². The molecule has 5 nitrogen and oxygen atoms in total. The van der Waals surface area contributed by atoms with Crippen molar-refractivity contribution in [3.05, 3.63) is 47.2 Å². The number of benzene rings is 1. The summed E-state index contributed by atoms with van der Waals surface area (Å²) in [7, 11) is 1.59. The molecule has 1 aromatic heterocycles. The highest BCUT2D eigenvalue weighted by Gasteiger charge is 2.10. The summed E-state index contributed by atoms with van der Waals surface area (Å²) in [5.41, 5.74) is 6.85. The summed E-state index contributed by atoms with van der Waals surface area (Å²) in [4.78, 5) is 15.1. The lowest BCUT2D eigenvalue weighted by Gasteiger charge is -2.10. The SMILES string of the molecule is COc1ccc(Nc2cc(Cl)ncc2C(N)=O)cc1. The summed E-state index contributed by atoms with van der Waals surface area (Å²) in [6, 6.07) is 8.78. The Bertz CT molecular complexity index is 599. The van der Waals surface area contributed by atoms with Crippen LogP contribution in [0.4, 0.5) is 11.4 Å². The Labute approximate surface area is 115 Å². The minimum absolute atomic E-state index is 0.278. The van der Waals surface area contributed by atoms with Gasteiger partial charge < -0.3 is 15.8 Å². The van der Waals surface area contributed by atoms with Gasteiger partial charge in [-0.3, -0.25) is 4.79 Å². The highest BCUT2D eigenvalue weighted by Crippen LogP contribution is 2.24. The van der Waals surface area contributed by atoms with Crippen LogP contribution in [-0.2, 0) is 0 Å². The molecule has 0 bridgehead atoms. The van der Waals surface area contributed by atoms with E-state index in [-0.39, 0.29) is 10.7 Å². The summed E-state index contributed by atoms with van der Waals surface area (Å²) < 4.78 is 5.07. The molecule has 0 saturated carbocycles. The van der Waals surface area contributed by atoms with Gasteiger partial charge in [0.25, 0.3) is 5.91 Å². The van der Waals surface area contributed by atoms with Crippen LogP contribution in [0.25, 0.3) is 0 Å². The number of hydrogen-bond acceptors (Lipinski definition) is 4. The molecule has 3 N–H and O–H groups in total. The molecular weight excluding hydrogens is 266 g/mol. The number of pyridine rings is 1. The maximum Gasteiger partial charge on any atom is 0.252 e. The number of nitrogens with one attached hydrogen (secondary N) is 1. The van der Waals surface area contributed by atoms with Crippen LogP contribution in [0.1, 0.15) is 10.4 Å². The monoisotopic (exact) mass is 277 g/mol. The third-order valence-electron chi connectivity index (χ3n) is 2.51. The topological polar surface area (TPSA) is 77.2 Å². The van der Waals surface area contributed by atoms with Gasteiger partial charge in [0.05, 0.1) is 18.4 Å².